The molecule has 486 valence electrons. The Bertz CT molecular complexity index is 1560. The number of hydrogen-bond acceptors (Lipinski definition) is 5. The van der Waals surface area contributed by atoms with Crippen molar-refractivity contribution < 1.29 is 24.2 Å². The van der Waals surface area contributed by atoms with E-state index in [1.165, 1.54) is 257 Å². The van der Waals surface area contributed by atoms with Crippen LogP contribution in [0.2, 0.25) is 0 Å². The van der Waals surface area contributed by atoms with Crippen LogP contribution >= 0.6 is 0 Å². The lowest BCUT2D eigenvalue weighted by Gasteiger charge is -2.15. The third-order valence-electron chi connectivity index (χ3n) is 16.4. The summed E-state index contributed by atoms with van der Waals surface area (Å²) in [5.41, 5.74) is 0. The monoisotopic (exact) mass is 1170 g/mol. The highest BCUT2D eigenvalue weighted by molar-refractivity contribution is 5.70. The van der Waals surface area contributed by atoms with Gasteiger partial charge in [-0.05, 0) is 77.0 Å². The van der Waals surface area contributed by atoms with Crippen molar-refractivity contribution in [2.24, 2.45) is 0 Å². The van der Waals surface area contributed by atoms with Crippen molar-refractivity contribution >= 4 is 11.9 Å². The Morgan fingerprint density at radius 3 is 0.774 bits per heavy atom. The number of esters is 2. The number of carbonyl (C=O) groups excluding carboxylic acids is 2. The molecule has 0 aliphatic carbocycles. The van der Waals surface area contributed by atoms with E-state index in [-0.39, 0.29) is 25.2 Å². The van der Waals surface area contributed by atoms with Crippen molar-refractivity contribution in [2.75, 3.05) is 13.2 Å². The second kappa shape index (κ2) is 74.1. The Balaban J connectivity index is 3.45. The SMILES string of the molecule is CC/C=C\C/C=C\C/C=C\C/C=C\C/C=C\C/C=C\C/C=C\C/C=C\CCCCCCCCCCCCC(=O)OC(CO)COC(=O)CCCCCCCCCCCCCCCCCCCCCCCCCCCCCCCCCCCCC. The fraction of sp³-hybridized carbons (Fsp3) is 0.772. The number of aliphatic hydroxyl groups excluding tert-OH is 1. The lowest BCUT2D eigenvalue weighted by Crippen LogP contribution is -2.28. The van der Waals surface area contributed by atoms with Crippen LogP contribution in [0.5, 0.6) is 0 Å². The summed E-state index contributed by atoms with van der Waals surface area (Å²) in [5.74, 6) is -0.583. The number of aliphatic hydroxyl groups is 1. The van der Waals surface area contributed by atoms with Gasteiger partial charge in [-0.15, -0.1) is 0 Å². The minimum Gasteiger partial charge on any atom is -0.462 e. The second-order valence-electron chi connectivity index (χ2n) is 24.7. The Kier molecular flexibility index (Phi) is 71.3. The zero-order valence-electron chi connectivity index (χ0n) is 55.9. The summed E-state index contributed by atoms with van der Waals surface area (Å²) in [5, 5.41) is 9.71. The molecule has 0 saturated heterocycles. The van der Waals surface area contributed by atoms with Crippen LogP contribution in [-0.2, 0) is 19.1 Å². The van der Waals surface area contributed by atoms with Gasteiger partial charge in [-0.2, -0.15) is 0 Å². The maximum Gasteiger partial charge on any atom is 0.306 e. The van der Waals surface area contributed by atoms with Gasteiger partial charge >= 0.3 is 11.9 Å². The van der Waals surface area contributed by atoms with E-state index in [0.717, 1.165) is 89.9 Å². The summed E-state index contributed by atoms with van der Waals surface area (Å²) < 4.78 is 10.8. The van der Waals surface area contributed by atoms with E-state index in [0.29, 0.717) is 12.8 Å². The van der Waals surface area contributed by atoms with Crippen LogP contribution in [0.25, 0.3) is 0 Å². The van der Waals surface area contributed by atoms with E-state index in [4.69, 9.17) is 9.47 Å². The van der Waals surface area contributed by atoms with E-state index in [2.05, 4.69) is 111 Å². The Hall–Kier alpha value is -3.18. The van der Waals surface area contributed by atoms with Crippen molar-refractivity contribution in [1.29, 1.82) is 0 Å². The zero-order chi connectivity index (χ0) is 60.5. The van der Waals surface area contributed by atoms with E-state index < -0.39 is 6.10 Å². The predicted molar refractivity (Wildman–Crippen MR) is 371 cm³/mol. The largest absolute Gasteiger partial charge is 0.462 e. The molecule has 0 aromatic carbocycles. The van der Waals surface area contributed by atoms with E-state index in [9.17, 15) is 14.7 Å². The fourth-order valence-electron chi connectivity index (χ4n) is 10.9. The second-order valence-corrected chi connectivity index (χ2v) is 24.7. The summed E-state index contributed by atoms with van der Waals surface area (Å²) in [6.45, 7) is 4.07. The van der Waals surface area contributed by atoms with Crippen LogP contribution in [0.15, 0.2) is 97.2 Å². The van der Waals surface area contributed by atoms with Gasteiger partial charge < -0.3 is 14.6 Å². The first-order valence-electron chi connectivity index (χ1n) is 36.8. The first-order valence-corrected chi connectivity index (χ1v) is 36.8. The Morgan fingerprint density at radius 2 is 0.512 bits per heavy atom. The van der Waals surface area contributed by atoms with Crippen molar-refractivity contribution in [2.45, 2.75) is 380 Å². The van der Waals surface area contributed by atoms with Crippen molar-refractivity contribution in [3.8, 4) is 0 Å². The van der Waals surface area contributed by atoms with Gasteiger partial charge in [-0.25, -0.2) is 0 Å². The first-order chi connectivity index (χ1) is 41.6. The quantitative estimate of drug-likeness (QED) is 0.0373. The maximum absolute atomic E-state index is 12.4. The minimum atomic E-state index is -0.780. The molecule has 0 radical (unpaired) electrons. The molecule has 0 spiro atoms. The molecule has 0 aromatic rings. The van der Waals surface area contributed by atoms with Gasteiger partial charge in [0.2, 0.25) is 0 Å². The molecule has 0 aromatic heterocycles. The summed E-state index contributed by atoms with van der Waals surface area (Å²) in [7, 11) is 0. The molecule has 0 aliphatic rings. The molecule has 1 N–H and O–H groups in total. The Morgan fingerprint density at radius 1 is 0.286 bits per heavy atom. The maximum atomic E-state index is 12.4. The van der Waals surface area contributed by atoms with Gasteiger partial charge in [0.05, 0.1) is 6.61 Å². The van der Waals surface area contributed by atoms with Crippen LogP contribution in [0.1, 0.15) is 373 Å². The number of allylic oxidation sites excluding steroid dienone is 16. The molecule has 0 heterocycles. The fourth-order valence-corrected chi connectivity index (χ4v) is 10.9. The molecule has 1 unspecified atom stereocenters. The van der Waals surface area contributed by atoms with Gasteiger partial charge in [0, 0.05) is 12.8 Å². The Labute approximate surface area is 523 Å². The van der Waals surface area contributed by atoms with E-state index >= 15 is 0 Å². The van der Waals surface area contributed by atoms with Crippen LogP contribution in [0, 0.1) is 0 Å². The molecule has 5 heteroatoms. The molecule has 5 nitrogen and oxygen atoms in total. The average molecular weight is 1170 g/mol. The zero-order valence-corrected chi connectivity index (χ0v) is 55.9. The third-order valence-corrected chi connectivity index (χ3v) is 16.4. The van der Waals surface area contributed by atoms with Crippen molar-refractivity contribution in [1.82, 2.24) is 0 Å². The highest BCUT2D eigenvalue weighted by Gasteiger charge is 2.16. The predicted octanol–water partition coefficient (Wildman–Crippen LogP) is 25.8. The molecule has 0 saturated carbocycles. The summed E-state index contributed by atoms with van der Waals surface area (Å²) >= 11 is 0. The minimum absolute atomic E-state index is 0.0676. The molecule has 0 rings (SSSR count). The number of ether oxygens (including phenoxy) is 2. The number of hydrogen-bond donors (Lipinski definition) is 1. The van der Waals surface area contributed by atoms with Gasteiger partial charge in [0.25, 0.3) is 0 Å². The van der Waals surface area contributed by atoms with Crippen LogP contribution < -0.4 is 0 Å². The van der Waals surface area contributed by atoms with Crippen LogP contribution in [0.4, 0.5) is 0 Å². The molecule has 0 amide bonds. The molecule has 0 bridgehead atoms. The van der Waals surface area contributed by atoms with Gasteiger partial charge in [0.15, 0.2) is 6.10 Å². The standard InChI is InChI=1S/C79H140O5/c1-3-5-7-9-11-13-15-17-19-21-23-25-27-29-31-33-35-37-39-41-43-45-47-49-51-53-55-57-59-61-63-65-67-69-71-73-78(81)83-76-77(75-80)84-79(82)74-72-70-68-66-64-62-60-58-56-54-52-50-48-46-44-42-40-38-36-34-32-30-28-26-24-22-20-18-16-14-12-10-8-6-4-2/h6,8,12,14,18,20,24,26,30,32,36,38,42,44,48,50,77,80H,3-5,7,9-11,13,15-17,19,21-23,25,27-29,31,33-35,37,39-41,43,45-47,49,51-76H2,1-2H3/b8-6-,14-12-,20-18-,26-24-,32-30-,38-36-,44-42-,50-48-. The smallest absolute Gasteiger partial charge is 0.306 e. The first kappa shape index (κ1) is 80.8. The lowest BCUT2D eigenvalue weighted by atomic mass is 10.0. The van der Waals surface area contributed by atoms with E-state index in [1.54, 1.807) is 0 Å². The summed E-state index contributed by atoms with van der Waals surface area (Å²) in [6.07, 6.45) is 106. The summed E-state index contributed by atoms with van der Waals surface area (Å²) in [6, 6.07) is 0. The number of carbonyl (C=O) groups is 2. The molecule has 1 atom stereocenters. The van der Waals surface area contributed by atoms with Gasteiger partial charge in [-0.3, -0.25) is 9.59 Å². The lowest BCUT2D eigenvalue weighted by molar-refractivity contribution is -0.161. The van der Waals surface area contributed by atoms with Crippen LogP contribution in [0.3, 0.4) is 0 Å². The van der Waals surface area contributed by atoms with Gasteiger partial charge in [0.1, 0.15) is 6.61 Å². The van der Waals surface area contributed by atoms with Gasteiger partial charge in [-0.1, -0.05) is 381 Å². The molecular weight excluding hydrogens is 1030 g/mol. The topological polar surface area (TPSA) is 72.8 Å². The normalized spacial score (nSPS) is 12.8. The highest BCUT2D eigenvalue weighted by atomic mass is 16.6. The molecule has 0 aliphatic heterocycles. The highest BCUT2D eigenvalue weighted by Crippen LogP contribution is 2.19. The number of rotatable bonds is 68. The van der Waals surface area contributed by atoms with E-state index in [1.807, 2.05) is 0 Å². The average Bonchev–Trinajstić information content (AvgIpc) is 3.51. The molecule has 84 heavy (non-hydrogen) atoms. The van der Waals surface area contributed by atoms with Crippen LogP contribution in [-0.4, -0.2) is 36.4 Å². The number of unbranched alkanes of at least 4 members (excludes halogenated alkanes) is 44. The molecule has 0 fully saturated rings. The van der Waals surface area contributed by atoms with Crippen molar-refractivity contribution in [3.05, 3.63) is 97.2 Å². The summed E-state index contributed by atoms with van der Waals surface area (Å²) in [4.78, 5) is 24.7. The third kappa shape index (κ3) is 71.3. The molecular formula is C79H140O5. The van der Waals surface area contributed by atoms with Crippen molar-refractivity contribution in [3.63, 3.8) is 0 Å².